The molecule has 0 atom stereocenters. The van der Waals surface area contributed by atoms with E-state index in [2.05, 4.69) is 20.6 Å². The molecule has 33 heavy (non-hydrogen) atoms. The Morgan fingerprint density at radius 3 is 2.45 bits per heavy atom. The van der Waals surface area contributed by atoms with Crippen molar-refractivity contribution in [2.45, 2.75) is 29.7 Å². The average molecular weight is 484 g/mol. The Morgan fingerprint density at radius 1 is 1.12 bits per heavy atom. The minimum absolute atomic E-state index is 0.0900. The van der Waals surface area contributed by atoms with Crippen LogP contribution in [0.5, 0.6) is 5.75 Å². The van der Waals surface area contributed by atoms with Crippen molar-refractivity contribution in [1.82, 2.24) is 10.3 Å². The number of rotatable bonds is 8. The first-order valence-electron chi connectivity index (χ1n) is 10.1. The number of anilines is 1. The number of benzene rings is 2. The van der Waals surface area contributed by atoms with Crippen molar-refractivity contribution in [2.75, 3.05) is 11.9 Å². The van der Waals surface area contributed by atoms with Crippen LogP contribution in [0.4, 0.5) is 5.69 Å². The first-order valence-corrected chi connectivity index (χ1v) is 11.9. The van der Waals surface area contributed by atoms with Crippen LogP contribution in [0.2, 0.25) is 5.02 Å². The fraction of sp³-hybridized carbons (Fsp3) is 0.174. The minimum Gasteiger partial charge on any atom is -0.492 e. The number of aromatic nitrogens is 1. The van der Waals surface area contributed by atoms with E-state index in [0.29, 0.717) is 18.9 Å². The molecule has 1 aromatic heterocycles. The van der Waals surface area contributed by atoms with Gasteiger partial charge in [0.2, 0.25) is 22.0 Å². The Labute approximate surface area is 197 Å². The van der Waals surface area contributed by atoms with E-state index in [1.807, 2.05) is 6.92 Å². The summed E-state index contributed by atoms with van der Waals surface area (Å²) in [6, 6.07) is 14.4. The van der Waals surface area contributed by atoms with Gasteiger partial charge < -0.3 is 15.4 Å². The number of aliphatic imine (C=N–C) groups is 1. The molecule has 170 valence electrons. The summed E-state index contributed by atoms with van der Waals surface area (Å²) in [5.74, 6) is 0.717. The van der Waals surface area contributed by atoms with Crippen molar-refractivity contribution in [3.8, 4) is 11.9 Å². The smallest absolute Gasteiger partial charge is 0.212 e. The summed E-state index contributed by atoms with van der Waals surface area (Å²) in [7, 11) is -3.74. The van der Waals surface area contributed by atoms with Crippen LogP contribution in [0.25, 0.3) is 0 Å². The lowest BCUT2D eigenvalue weighted by molar-refractivity contribution is 0.317. The summed E-state index contributed by atoms with van der Waals surface area (Å²) in [5, 5.41) is 15.2. The average Bonchev–Trinajstić information content (AvgIpc) is 2.83. The minimum atomic E-state index is -3.74. The molecule has 0 aliphatic rings. The molecule has 0 unspecified atom stereocenters. The SMILES string of the molecule is CCCOc1ccc(S(=O)(=O)c2ccc(CNC(=NC#N)Nc3ccncc3)cc2)cc1Cl. The van der Waals surface area contributed by atoms with Gasteiger partial charge in [-0.2, -0.15) is 5.26 Å². The van der Waals surface area contributed by atoms with Gasteiger partial charge in [0.1, 0.15) is 5.75 Å². The number of halogens is 1. The lowest BCUT2D eigenvalue weighted by atomic mass is 10.2. The van der Waals surface area contributed by atoms with Gasteiger partial charge in [-0.25, -0.2) is 8.42 Å². The van der Waals surface area contributed by atoms with Crippen LogP contribution < -0.4 is 15.4 Å². The molecular weight excluding hydrogens is 462 g/mol. The van der Waals surface area contributed by atoms with Gasteiger partial charge in [0, 0.05) is 24.6 Å². The molecule has 1 heterocycles. The van der Waals surface area contributed by atoms with Gasteiger partial charge in [0.05, 0.1) is 21.4 Å². The molecule has 0 aliphatic heterocycles. The Balaban J connectivity index is 1.69. The largest absolute Gasteiger partial charge is 0.492 e. The number of hydrogen-bond acceptors (Lipinski definition) is 6. The molecule has 3 aromatic rings. The zero-order valence-corrected chi connectivity index (χ0v) is 19.4. The summed E-state index contributed by atoms with van der Waals surface area (Å²) < 4.78 is 31.5. The number of guanidine groups is 1. The molecule has 0 saturated heterocycles. The molecule has 0 amide bonds. The highest BCUT2D eigenvalue weighted by atomic mass is 35.5. The summed E-state index contributed by atoms with van der Waals surface area (Å²) in [5.41, 5.74) is 1.52. The Hall–Kier alpha value is -3.61. The van der Waals surface area contributed by atoms with E-state index in [9.17, 15) is 8.42 Å². The Morgan fingerprint density at radius 2 is 1.82 bits per heavy atom. The predicted molar refractivity (Wildman–Crippen MR) is 127 cm³/mol. The van der Waals surface area contributed by atoms with Crippen molar-refractivity contribution in [2.24, 2.45) is 4.99 Å². The van der Waals surface area contributed by atoms with E-state index < -0.39 is 9.84 Å². The molecular formula is C23H22ClN5O3S. The molecule has 0 fully saturated rings. The van der Waals surface area contributed by atoms with Gasteiger partial charge in [-0.05, 0) is 54.4 Å². The van der Waals surface area contributed by atoms with Crippen molar-refractivity contribution < 1.29 is 13.2 Å². The molecule has 10 heteroatoms. The molecule has 0 saturated carbocycles. The van der Waals surface area contributed by atoms with E-state index in [1.165, 1.54) is 24.3 Å². The number of sulfone groups is 1. The first-order chi connectivity index (χ1) is 15.9. The quantitative estimate of drug-likeness (QED) is 0.277. The van der Waals surface area contributed by atoms with Gasteiger partial charge in [-0.15, -0.1) is 4.99 Å². The second kappa shape index (κ2) is 11.3. The van der Waals surface area contributed by atoms with Gasteiger partial charge in [-0.1, -0.05) is 30.7 Å². The van der Waals surface area contributed by atoms with Gasteiger partial charge in [0.25, 0.3) is 0 Å². The summed E-state index contributed by atoms with van der Waals surface area (Å²) in [6.45, 7) is 2.80. The second-order valence-corrected chi connectivity index (χ2v) is 9.22. The molecule has 0 spiro atoms. The number of nitriles is 1. The number of pyridine rings is 1. The second-order valence-electron chi connectivity index (χ2n) is 6.86. The van der Waals surface area contributed by atoms with Crippen LogP contribution in [-0.4, -0.2) is 26.0 Å². The van der Waals surface area contributed by atoms with Crippen LogP contribution in [-0.2, 0) is 16.4 Å². The van der Waals surface area contributed by atoms with E-state index >= 15 is 0 Å². The number of ether oxygens (including phenoxy) is 1. The molecule has 0 aliphatic carbocycles. The fourth-order valence-electron chi connectivity index (χ4n) is 2.82. The Kier molecular flexibility index (Phi) is 8.24. The maximum atomic E-state index is 13.0. The molecule has 0 bridgehead atoms. The molecule has 8 nitrogen and oxygen atoms in total. The zero-order chi connectivity index (χ0) is 23.7. The van der Waals surface area contributed by atoms with Gasteiger partial charge in [-0.3, -0.25) is 4.98 Å². The van der Waals surface area contributed by atoms with E-state index in [-0.39, 0.29) is 20.8 Å². The van der Waals surface area contributed by atoms with Crippen LogP contribution in [0.1, 0.15) is 18.9 Å². The lowest BCUT2D eigenvalue weighted by Crippen LogP contribution is -2.30. The summed E-state index contributed by atoms with van der Waals surface area (Å²) in [6.07, 6.45) is 5.79. The van der Waals surface area contributed by atoms with Crippen LogP contribution in [0.15, 0.2) is 81.8 Å². The third-order valence-electron chi connectivity index (χ3n) is 4.47. The normalized spacial score (nSPS) is 11.5. The third kappa shape index (κ3) is 6.44. The van der Waals surface area contributed by atoms with E-state index in [0.717, 1.165) is 17.7 Å². The maximum Gasteiger partial charge on any atom is 0.212 e. The number of nitrogens with one attached hydrogen (secondary N) is 2. The van der Waals surface area contributed by atoms with Gasteiger partial charge >= 0.3 is 0 Å². The van der Waals surface area contributed by atoms with Crippen molar-refractivity contribution in [1.29, 1.82) is 5.26 Å². The number of nitrogens with zero attached hydrogens (tertiary/aromatic N) is 3. The summed E-state index contributed by atoms with van der Waals surface area (Å²) >= 11 is 6.20. The fourth-order valence-corrected chi connectivity index (χ4v) is 4.41. The third-order valence-corrected chi connectivity index (χ3v) is 6.54. The van der Waals surface area contributed by atoms with Gasteiger partial charge in [0.15, 0.2) is 0 Å². The number of hydrogen-bond donors (Lipinski definition) is 2. The van der Waals surface area contributed by atoms with Crippen molar-refractivity contribution in [3.63, 3.8) is 0 Å². The first kappa shape index (κ1) is 24.0. The molecule has 0 radical (unpaired) electrons. The monoisotopic (exact) mass is 483 g/mol. The molecule has 2 aromatic carbocycles. The lowest BCUT2D eigenvalue weighted by Gasteiger charge is -2.12. The Bertz CT molecular complexity index is 1260. The van der Waals surface area contributed by atoms with Crippen LogP contribution in [0, 0.1) is 11.5 Å². The highest BCUT2D eigenvalue weighted by molar-refractivity contribution is 7.91. The maximum absolute atomic E-state index is 13.0. The summed E-state index contributed by atoms with van der Waals surface area (Å²) in [4.78, 5) is 7.89. The zero-order valence-electron chi connectivity index (χ0n) is 17.8. The van der Waals surface area contributed by atoms with E-state index in [1.54, 1.807) is 48.9 Å². The standard InChI is InChI=1S/C23H22ClN5O3S/c1-2-13-32-22-8-7-20(14-21(22)24)33(30,31)19-5-3-17(4-6-19)15-27-23(28-16-25)29-18-9-11-26-12-10-18/h3-12,14H,2,13,15H2,1H3,(H2,26,27,28,29). The van der Waals surface area contributed by atoms with Crippen molar-refractivity contribution >= 4 is 33.1 Å². The van der Waals surface area contributed by atoms with E-state index in [4.69, 9.17) is 21.6 Å². The molecule has 3 rings (SSSR count). The van der Waals surface area contributed by atoms with Crippen LogP contribution in [0.3, 0.4) is 0 Å². The highest BCUT2D eigenvalue weighted by Gasteiger charge is 2.19. The topological polar surface area (TPSA) is 116 Å². The van der Waals surface area contributed by atoms with Crippen LogP contribution >= 0.6 is 11.6 Å². The van der Waals surface area contributed by atoms with Crippen molar-refractivity contribution in [3.05, 3.63) is 77.6 Å². The molecule has 2 N–H and O–H groups in total. The highest BCUT2D eigenvalue weighted by Crippen LogP contribution is 2.30. The predicted octanol–water partition coefficient (Wildman–Crippen LogP) is 4.40.